The van der Waals surface area contributed by atoms with Gasteiger partial charge in [-0.3, -0.25) is 9.89 Å². The molecule has 0 atom stereocenters. The molecule has 3 N–H and O–H groups in total. The number of amides is 1. The summed E-state index contributed by atoms with van der Waals surface area (Å²) in [5.74, 6) is -0.0622. The summed E-state index contributed by atoms with van der Waals surface area (Å²) in [6.45, 7) is 6.52. The highest BCUT2D eigenvalue weighted by molar-refractivity contribution is 6.00. The number of anilines is 1. The molecule has 5 nitrogen and oxygen atoms in total. The van der Waals surface area contributed by atoms with Gasteiger partial charge in [-0.25, -0.2) is 0 Å². The molecule has 0 radical (unpaired) electrons. The van der Waals surface area contributed by atoms with Gasteiger partial charge >= 0.3 is 0 Å². The maximum Gasteiger partial charge on any atom is 0.275 e. The van der Waals surface area contributed by atoms with Gasteiger partial charge in [0.05, 0.1) is 11.4 Å². The summed E-state index contributed by atoms with van der Waals surface area (Å²) >= 11 is 0. The van der Waals surface area contributed by atoms with Crippen LogP contribution in [0.3, 0.4) is 0 Å². The molecule has 0 unspecified atom stereocenters. The average molecular weight is 248 g/mol. The van der Waals surface area contributed by atoms with Crippen molar-refractivity contribution in [3.05, 3.63) is 11.4 Å². The summed E-state index contributed by atoms with van der Waals surface area (Å²) in [5.41, 5.74) is 2.41. The maximum atomic E-state index is 12.1. The molecule has 1 aliphatic heterocycles. The van der Waals surface area contributed by atoms with E-state index in [1.54, 1.807) is 0 Å². The van der Waals surface area contributed by atoms with Crippen LogP contribution in [-0.4, -0.2) is 21.8 Å². The predicted molar refractivity (Wildman–Crippen MR) is 69.4 cm³/mol. The summed E-state index contributed by atoms with van der Waals surface area (Å²) < 4.78 is 0. The van der Waals surface area contributed by atoms with Crippen molar-refractivity contribution in [2.75, 3.05) is 5.32 Å². The number of H-pyrrole nitrogens is 1. The Kier molecular flexibility index (Phi) is 2.24. The molecule has 1 aromatic heterocycles. The van der Waals surface area contributed by atoms with Crippen LogP contribution in [0.4, 0.5) is 5.69 Å². The third kappa shape index (κ3) is 1.69. The van der Waals surface area contributed by atoms with Crippen molar-refractivity contribution in [3.8, 4) is 0 Å². The van der Waals surface area contributed by atoms with Crippen LogP contribution in [-0.2, 0) is 0 Å². The van der Waals surface area contributed by atoms with Crippen LogP contribution in [0.1, 0.15) is 55.7 Å². The Morgan fingerprint density at radius 1 is 1.11 bits per heavy atom. The van der Waals surface area contributed by atoms with E-state index < -0.39 is 0 Å². The fourth-order valence-electron chi connectivity index (χ4n) is 2.90. The quantitative estimate of drug-likeness (QED) is 0.659. The molecule has 1 spiro atoms. The molecule has 18 heavy (non-hydrogen) atoms. The molecule has 1 aliphatic carbocycles. The summed E-state index contributed by atoms with van der Waals surface area (Å²) in [6.07, 6.45) is 4.17. The number of aromatic nitrogens is 2. The number of carbonyl (C=O) groups excluding carboxylic acids is 1. The second kappa shape index (κ2) is 3.49. The van der Waals surface area contributed by atoms with Gasteiger partial charge in [0, 0.05) is 0 Å². The Labute approximate surface area is 107 Å². The lowest BCUT2D eigenvalue weighted by atomic mass is 9.72. The molecular weight excluding hydrogens is 228 g/mol. The summed E-state index contributed by atoms with van der Waals surface area (Å²) in [7, 11) is 0. The fourth-order valence-corrected chi connectivity index (χ4v) is 2.90. The van der Waals surface area contributed by atoms with Crippen LogP contribution in [0.25, 0.3) is 0 Å². The first-order valence-electron chi connectivity index (χ1n) is 6.57. The van der Waals surface area contributed by atoms with Gasteiger partial charge in [0.15, 0.2) is 5.69 Å². The van der Waals surface area contributed by atoms with E-state index in [1.807, 2.05) is 6.92 Å². The molecule has 1 saturated carbocycles. The number of fused-ring (bicyclic) bond motifs is 1. The second-order valence-corrected chi connectivity index (χ2v) is 6.40. The highest BCUT2D eigenvalue weighted by Crippen LogP contribution is 2.42. The van der Waals surface area contributed by atoms with Crippen molar-refractivity contribution in [3.63, 3.8) is 0 Å². The minimum absolute atomic E-state index is 0.0622. The molecule has 1 aromatic rings. The van der Waals surface area contributed by atoms with Gasteiger partial charge in [-0.1, -0.05) is 13.8 Å². The van der Waals surface area contributed by atoms with E-state index in [-0.39, 0.29) is 11.6 Å². The van der Waals surface area contributed by atoms with Crippen molar-refractivity contribution in [2.45, 2.75) is 52.1 Å². The molecule has 5 heteroatoms. The third-order valence-electron chi connectivity index (χ3n) is 4.34. The summed E-state index contributed by atoms with van der Waals surface area (Å²) in [4.78, 5) is 12.1. The normalized spacial score (nSPS) is 24.3. The molecule has 3 rings (SSSR count). The summed E-state index contributed by atoms with van der Waals surface area (Å²) in [5, 5.41) is 13.5. The zero-order valence-corrected chi connectivity index (χ0v) is 11.2. The van der Waals surface area contributed by atoms with Crippen molar-refractivity contribution in [1.82, 2.24) is 15.5 Å². The monoisotopic (exact) mass is 248 g/mol. The lowest BCUT2D eigenvalue weighted by Crippen LogP contribution is -2.59. The van der Waals surface area contributed by atoms with Crippen LogP contribution in [0.15, 0.2) is 0 Å². The number of nitrogens with one attached hydrogen (secondary N) is 3. The van der Waals surface area contributed by atoms with Crippen molar-refractivity contribution >= 4 is 11.6 Å². The number of aryl methyl sites for hydroxylation is 1. The van der Waals surface area contributed by atoms with Gasteiger partial charge in [-0.15, -0.1) is 0 Å². The van der Waals surface area contributed by atoms with E-state index in [1.165, 1.54) is 0 Å². The highest BCUT2D eigenvalue weighted by atomic mass is 16.2. The molecule has 2 heterocycles. The topological polar surface area (TPSA) is 69.8 Å². The number of rotatable bonds is 0. The Balaban J connectivity index is 1.90. The zero-order valence-electron chi connectivity index (χ0n) is 11.2. The Bertz CT molecular complexity index is 493. The summed E-state index contributed by atoms with van der Waals surface area (Å²) in [6, 6.07) is 0. The Morgan fingerprint density at radius 3 is 2.44 bits per heavy atom. The standard InChI is InChI=1S/C13H20N4O/c1-8-9-10(17-16-8)11(18)15-13(14-9)6-4-12(2,3)5-7-13/h14H,4-7H2,1-3H3,(H,15,18)(H,16,17). The molecule has 0 aromatic carbocycles. The fraction of sp³-hybridized carbons (Fsp3) is 0.692. The van der Waals surface area contributed by atoms with Crippen LogP contribution in [0, 0.1) is 12.3 Å². The molecule has 1 fully saturated rings. The van der Waals surface area contributed by atoms with E-state index in [0.29, 0.717) is 11.1 Å². The first-order chi connectivity index (χ1) is 8.41. The van der Waals surface area contributed by atoms with Gasteiger partial charge in [0.1, 0.15) is 5.66 Å². The first kappa shape index (κ1) is 11.6. The molecule has 1 amide bonds. The van der Waals surface area contributed by atoms with E-state index in [4.69, 9.17) is 0 Å². The predicted octanol–water partition coefficient (Wildman–Crippen LogP) is 2.17. The van der Waals surface area contributed by atoms with Crippen LogP contribution in [0.2, 0.25) is 0 Å². The first-order valence-corrected chi connectivity index (χ1v) is 6.57. The lowest BCUT2D eigenvalue weighted by molar-refractivity contribution is 0.0818. The minimum atomic E-state index is -0.270. The number of aromatic amines is 1. The largest absolute Gasteiger partial charge is 0.359 e. The van der Waals surface area contributed by atoms with Gasteiger partial charge in [0.25, 0.3) is 5.91 Å². The zero-order chi connectivity index (χ0) is 13.0. The minimum Gasteiger partial charge on any atom is -0.359 e. The van der Waals surface area contributed by atoms with E-state index in [2.05, 4.69) is 34.7 Å². The van der Waals surface area contributed by atoms with Crippen molar-refractivity contribution in [2.24, 2.45) is 5.41 Å². The smallest absolute Gasteiger partial charge is 0.275 e. The maximum absolute atomic E-state index is 12.1. The molecule has 98 valence electrons. The third-order valence-corrected chi connectivity index (χ3v) is 4.34. The van der Waals surface area contributed by atoms with Crippen LogP contribution < -0.4 is 10.6 Å². The second-order valence-electron chi connectivity index (χ2n) is 6.40. The molecule has 0 saturated heterocycles. The van der Waals surface area contributed by atoms with E-state index in [0.717, 1.165) is 37.1 Å². The van der Waals surface area contributed by atoms with Gasteiger partial charge in [-0.2, -0.15) is 5.10 Å². The number of hydrogen-bond donors (Lipinski definition) is 3. The van der Waals surface area contributed by atoms with Crippen molar-refractivity contribution in [1.29, 1.82) is 0 Å². The highest BCUT2D eigenvalue weighted by Gasteiger charge is 2.43. The SMILES string of the molecule is Cc1[nH]nc2c1NC1(CCC(C)(C)CC1)NC2=O. The van der Waals surface area contributed by atoms with E-state index >= 15 is 0 Å². The average Bonchev–Trinajstić information content (AvgIpc) is 2.66. The van der Waals surface area contributed by atoms with Crippen LogP contribution in [0.5, 0.6) is 0 Å². The Hall–Kier alpha value is -1.52. The van der Waals surface area contributed by atoms with Crippen LogP contribution >= 0.6 is 0 Å². The van der Waals surface area contributed by atoms with Gasteiger partial charge in [0.2, 0.25) is 0 Å². The van der Waals surface area contributed by atoms with Gasteiger partial charge in [-0.05, 0) is 38.0 Å². The molecule has 2 aliphatic rings. The number of nitrogens with zero attached hydrogens (tertiary/aromatic N) is 1. The Morgan fingerprint density at radius 2 is 1.78 bits per heavy atom. The number of hydrogen-bond acceptors (Lipinski definition) is 3. The molecule has 0 bridgehead atoms. The lowest BCUT2D eigenvalue weighted by Gasteiger charge is -2.46. The van der Waals surface area contributed by atoms with Crippen molar-refractivity contribution < 1.29 is 4.79 Å². The van der Waals surface area contributed by atoms with Gasteiger partial charge < -0.3 is 10.6 Å². The van der Waals surface area contributed by atoms with E-state index in [9.17, 15) is 4.79 Å². The molecular formula is C13H20N4O. The number of carbonyl (C=O) groups is 1.